The number of benzene rings is 2. The maximum atomic E-state index is 5.70. The molecule has 3 nitrogen and oxygen atoms in total. The average Bonchev–Trinajstić information content (AvgIpc) is 2.92. The molecular weight excluding hydrogens is 244 g/mol. The highest BCUT2D eigenvalue weighted by Crippen LogP contribution is 2.37. The van der Waals surface area contributed by atoms with Gasteiger partial charge >= 0.3 is 0 Å². The summed E-state index contributed by atoms with van der Waals surface area (Å²) in [5, 5.41) is 6.12. The standard InChI is InChI=1S/C14H11N2OS/c1-2-17-12-8-7-10-5-3-4-6-11(10)14(12)13-9-15-16-18-13/h3-8H,2H2,1H3. The van der Waals surface area contributed by atoms with Gasteiger partial charge in [0.25, 0.3) is 0 Å². The highest BCUT2D eigenvalue weighted by atomic mass is 32.1. The van der Waals surface area contributed by atoms with Crippen LogP contribution in [0.4, 0.5) is 0 Å². The van der Waals surface area contributed by atoms with E-state index in [2.05, 4.69) is 34.0 Å². The molecule has 3 aromatic rings. The van der Waals surface area contributed by atoms with Crippen LogP contribution in [-0.2, 0) is 0 Å². The molecule has 0 bridgehead atoms. The van der Waals surface area contributed by atoms with Crippen molar-refractivity contribution in [2.24, 2.45) is 0 Å². The Hall–Kier alpha value is -1.94. The largest absolute Gasteiger partial charge is 0.493 e. The number of aromatic nitrogens is 2. The quantitative estimate of drug-likeness (QED) is 0.717. The molecule has 0 spiro atoms. The third-order valence-electron chi connectivity index (χ3n) is 2.74. The summed E-state index contributed by atoms with van der Waals surface area (Å²) in [5.74, 6) is 0.860. The van der Waals surface area contributed by atoms with Gasteiger partial charge in [-0.15, -0.1) is 5.10 Å². The van der Waals surface area contributed by atoms with Gasteiger partial charge in [-0.3, -0.25) is 0 Å². The van der Waals surface area contributed by atoms with E-state index in [1.807, 2.05) is 25.1 Å². The Labute approximate surface area is 109 Å². The molecule has 0 fully saturated rings. The number of fused-ring (bicyclic) bond motifs is 1. The monoisotopic (exact) mass is 255 g/mol. The zero-order valence-electron chi connectivity index (χ0n) is 9.88. The molecule has 0 unspecified atom stereocenters. The van der Waals surface area contributed by atoms with Gasteiger partial charge in [-0.25, -0.2) is 0 Å². The molecule has 3 rings (SSSR count). The van der Waals surface area contributed by atoms with Gasteiger partial charge in [0, 0.05) is 5.56 Å². The van der Waals surface area contributed by atoms with Crippen molar-refractivity contribution in [2.75, 3.05) is 6.61 Å². The first-order valence-electron chi connectivity index (χ1n) is 5.75. The van der Waals surface area contributed by atoms with Gasteiger partial charge < -0.3 is 4.74 Å². The van der Waals surface area contributed by atoms with E-state index in [4.69, 9.17) is 4.74 Å². The molecule has 0 aliphatic rings. The highest BCUT2D eigenvalue weighted by molar-refractivity contribution is 7.09. The Kier molecular flexibility index (Phi) is 2.94. The minimum atomic E-state index is 0.636. The molecule has 2 aromatic carbocycles. The lowest BCUT2D eigenvalue weighted by atomic mass is 10.0. The zero-order valence-corrected chi connectivity index (χ0v) is 10.7. The van der Waals surface area contributed by atoms with E-state index < -0.39 is 0 Å². The molecule has 0 saturated heterocycles. The Balaban J connectivity index is 2.32. The van der Waals surface area contributed by atoms with Crippen molar-refractivity contribution in [1.82, 2.24) is 9.59 Å². The lowest BCUT2D eigenvalue weighted by molar-refractivity contribution is 0.342. The number of ether oxygens (including phenoxy) is 1. The highest BCUT2D eigenvalue weighted by Gasteiger charge is 2.13. The maximum absolute atomic E-state index is 5.70. The minimum Gasteiger partial charge on any atom is -0.493 e. The van der Waals surface area contributed by atoms with Crippen LogP contribution in [0.3, 0.4) is 0 Å². The van der Waals surface area contributed by atoms with Crippen LogP contribution >= 0.6 is 11.5 Å². The van der Waals surface area contributed by atoms with Gasteiger partial charge in [-0.2, -0.15) is 0 Å². The summed E-state index contributed by atoms with van der Waals surface area (Å²) < 4.78 is 9.59. The molecule has 0 amide bonds. The number of rotatable bonds is 3. The second-order valence-electron chi connectivity index (χ2n) is 3.81. The molecule has 4 heteroatoms. The third kappa shape index (κ3) is 1.84. The fraction of sp³-hybridized carbons (Fsp3) is 0.143. The number of hydrogen-bond donors (Lipinski definition) is 0. The smallest absolute Gasteiger partial charge is 0.135 e. The van der Waals surface area contributed by atoms with Crippen molar-refractivity contribution in [3.8, 4) is 16.2 Å². The number of nitrogens with zero attached hydrogens (tertiary/aromatic N) is 2. The van der Waals surface area contributed by atoms with E-state index in [1.165, 1.54) is 16.9 Å². The van der Waals surface area contributed by atoms with Crippen molar-refractivity contribution in [3.05, 3.63) is 42.6 Å². The molecule has 1 aromatic heterocycles. The fourth-order valence-electron chi connectivity index (χ4n) is 2.01. The van der Waals surface area contributed by atoms with Crippen molar-refractivity contribution in [2.45, 2.75) is 6.92 Å². The Bertz CT molecular complexity index is 665. The zero-order chi connectivity index (χ0) is 12.4. The van der Waals surface area contributed by atoms with Crippen LogP contribution in [-0.4, -0.2) is 16.2 Å². The van der Waals surface area contributed by atoms with E-state index in [0.29, 0.717) is 6.61 Å². The van der Waals surface area contributed by atoms with Gasteiger partial charge in [0.2, 0.25) is 0 Å². The third-order valence-corrected chi connectivity index (χ3v) is 3.38. The maximum Gasteiger partial charge on any atom is 0.135 e. The van der Waals surface area contributed by atoms with Gasteiger partial charge in [-0.05, 0) is 35.3 Å². The molecule has 0 atom stereocenters. The molecule has 0 aliphatic carbocycles. The second-order valence-corrected chi connectivity index (χ2v) is 4.56. The van der Waals surface area contributed by atoms with Gasteiger partial charge in [0.1, 0.15) is 11.9 Å². The molecule has 0 N–H and O–H groups in total. The summed E-state index contributed by atoms with van der Waals surface area (Å²) in [4.78, 5) is 0.912. The number of hydrogen-bond acceptors (Lipinski definition) is 4. The molecule has 0 saturated carbocycles. The molecular formula is C14H11N2OS. The van der Waals surface area contributed by atoms with Crippen LogP contribution in [0.25, 0.3) is 21.2 Å². The van der Waals surface area contributed by atoms with Crippen molar-refractivity contribution >= 4 is 22.3 Å². The Morgan fingerprint density at radius 3 is 2.89 bits per heavy atom. The lowest BCUT2D eigenvalue weighted by Gasteiger charge is -2.11. The second kappa shape index (κ2) is 4.74. The molecule has 0 aliphatic heterocycles. The van der Waals surface area contributed by atoms with Crippen LogP contribution in [0.1, 0.15) is 6.92 Å². The Morgan fingerprint density at radius 1 is 1.22 bits per heavy atom. The average molecular weight is 255 g/mol. The topological polar surface area (TPSA) is 35.0 Å². The van der Waals surface area contributed by atoms with Crippen molar-refractivity contribution in [1.29, 1.82) is 0 Å². The normalized spacial score (nSPS) is 10.7. The van der Waals surface area contributed by atoms with E-state index in [1.54, 1.807) is 0 Å². The Morgan fingerprint density at radius 2 is 2.11 bits per heavy atom. The van der Waals surface area contributed by atoms with Crippen LogP contribution in [0, 0.1) is 6.20 Å². The van der Waals surface area contributed by atoms with E-state index in [9.17, 15) is 0 Å². The summed E-state index contributed by atoms with van der Waals surface area (Å²) in [5.41, 5.74) is 1.03. The lowest BCUT2D eigenvalue weighted by Crippen LogP contribution is -1.94. The van der Waals surface area contributed by atoms with Crippen LogP contribution < -0.4 is 4.74 Å². The summed E-state index contributed by atoms with van der Waals surface area (Å²) >= 11 is 1.33. The van der Waals surface area contributed by atoms with Crippen molar-refractivity contribution in [3.63, 3.8) is 0 Å². The van der Waals surface area contributed by atoms with E-state index >= 15 is 0 Å². The molecule has 1 radical (unpaired) electrons. The predicted octanol–water partition coefficient (Wildman–Crippen LogP) is 3.56. The first-order chi connectivity index (χ1) is 8.90. The fourth-order valence-corrected chi connectivity index (χ4v) is 2.56. The van der Waals surface area contributed by atoms with Gasteiger partial charge in [0.05, 0.1) is 11.5 Å². The van der Waals surface area contributed by atoms with E-state index in [0.717, 1.165) is 21.6 Å². The summed E-state index contributed by atoms with van der Waals surface area (Å²) in [6.45, 7) is 2.62. The van der Waals surface area contributed by atoms with Gasteiger partial charge in [-0.1, -0.05) is 34.8 Å². The minimum absolute atomic E-state index is 0.636. The van der Waals surface area contributed by atoms with Crippen LogP contribution in [0.15, 0.2) is 36.4 Å². The molecule has 1 heterocycles. The summed E-state index contributed by atoms with van der Waals surface area (Å²) in [7, 11) is 0. The summed E-state index contributed by atoms with van der Waals surface area (Å²) in [6, 6.07) is 12.3. The first kappa shape index (κ1) is 11.2. The summed E-state index contributed by atoms with van der Waals surface area (Å²) in [6.07, 6.45) is 2.92. The molecule has 18 heavy (non-hydrogen) atoms. The van der Waals surface area contributed by atoms with Crippen molar-refractivity contribution < 1.29 is 4.74 Å². The SMILES string of the molecule is CCOc1ccc2ccccc2c1-c1[c]nns1. The van der Waals surface area contributed by atoms with Crippen LogP contribution in [0.2, 0.25) is 0 Å². The predicted molar refractivity (Wildman–Crippen MR) is 72.9 cm³/mol. The first-order valence-corrected chi connectivity index (χ1v) is 6.52. The van der Waals surface area contributed by atoms with E-state index in [-0.39, 0.29) is 0 Å². The van der Waals surface area contributed by atoms with Crippen LogP contribution in [0.5, 0.6) is 5.75 Å². The molecule has 89 valence electrons. The van der Waals surface area contributed by atoms with Gasteiger partial charge in [0.15, 0.2) is 0 Å².